The quantitative estimate of drug-likeness (QED) is 0.843. The minimum atomic E-state index is -0.553. The first kappa shape index (κ1) is 13.1. The third kappa shape index (κ3) is 2.56. The van der Waals surface area contributed by atoms with E-state index in [-0.39, 0.29) is 5.91 Å². The number of amides is 1. The highest BCUT2D eigenvalue weighted by Gasteiger charge is 2.27. The summed E-state index contributed by atoms with van der Waals surface area (Å²) in [6, 6.07) is 18.9. The van der Waals surface area contributed by atoms with Crippen LogP contribution in [0.25, 0.3) is 6.08 Å². The highest BCUT2D eigenvalue weighted by atomic mass is 16.2. The molecule has 2 aromatic rings. The SMILES string of the molecule is N#C[C@@H]1c2ccccc2C=CN1C(=O)Cc1ccccc1. The standard InChI is InChI=1S/C18H14N2O/c19-13-17-16-9-5-4-8-15(16)10-11-20(17)18(21)12-14-6-2-1-3-7-14/h1-11,17H,12H2/t17-/m1/s1. The molecule has 1 atom stereocenters. The zero-order chi connectivity index (χ0) is 14.7. The average molecular weight is 274 g/mol. The molecule has 102 valence electrons. The molecule has 0 aromatic heterocycles. The number of hydrogen-bond donors (Lipinski definition) is 0. The molecule has 0 aliphatic carbocycles. The molecule has 3 nitrogen and oxygen atoms in total. The van der Waals surface area contributed by atoms with Crippen molar-refractivity contribution in [1.29, 1.82) is 5.26 Å². The van der Waals surface area contributed by atoms with E-state index in [9.17, 15) is 10.1 Å². The maximum absolute atomic E-state index is 12.5. The van der Waals surface area contributed by atoms with E-state index in [0.717, 1.165) is 16.7 Å². The number of fused-ring (bicyclic) bond motifs is 1. The largest absolute Gasteiger partial charge is 0.298 e. The molecule has 21 heavy (non-hydrogen) atoms. The minimum Gasteiger partial charge on any atom is -0.298 e. The summed E-state index contributed by atoms with van der Waals surface area (Å²) < 4.78 is 0. The molecule has 0 unspecified atom stereocenters. The first-order valence-corrected chi connectivity index (χ1v) is 6.81. The first-order chi connectivity index (χ1) is 10.3. The monoisotopic (exact) mass is 274 g/mol. The predicted octanol–water partition coefficient (Wildman–Crippen LogP) is 3.31. The van der Waals surface area contributed by atoms with Crippen LogP contribution in [0, 0.1) is 11.3 Å². The molecule has 0 bridgehead atoms. The van der Waals surface area contributed by atoms with Gasteiger partial charge in [-0.25, -0.2) is 0 Å². The van der Waals surface area contributed by atoms with Crippen LogP contribution in [0.5, 0.6) is 0 Å². The van der Waals surface area contributed by atoms with Gasteiger partial charge in [0.25, 0.3) is 0 Å². The Kier molecular flexibility index (Phi) is 3.53. The van der Waals surface area contributed by atoms with Gasteiger partial charge in [-0.2, -0.15) is 5.26 Å². The zero-order valence-electron chi connectivity index (χ0n) is 11.4. The molecular formula is C18H14N2O. The van der Waals surface area contributed by atoms with Crippen molar-refractivity contribution in [3.05, 3.63) is 77.5 Å². The maximum Gasteiger partial charge on any atom is 0.232 e. The molecule has 2 aromatic carbocycles. The Bertz CT molecular complexity index is 728. The van der Waals surface area contributed by atoms with Gasteiger partial charge in [0.05, 0.1) is 12.5 Å². The highest BCUT2D eigenvalue weighted by molar-refractivity contribution is 5.82. The van der Waals surface area contributed by atoms with Gasteiger partial charge in [0.15, 0.2) is 0 Å². The molecule has 3 rings (SSSR count). The number of hydrogen-bond acceptors (Lipinski definition) is 2. The van der Waals surface area contributed by atoms with Crippen molar-refractivity contribution >= 4 is 12.0 Å². The van der Waals surface area contributed by atoms with E-state index < -0.39 is 6.04 Å². The fourth-order valence-corrected chi connectivity index (χ4v) is 2.53. The Morgan fingerprint density at radius 2 is 1.81 bits per heavy atom. The van der Waals surface area contributed by atoms with Gasteiger partial charge in [-0.15, -0.1) is 0 Å². The number of rotatable bonds is 2. The molecule has 1 amide bonds. The van der Waals surface area contributed by atoms with E-state index in [2.05, 4.69) is 6.07 Å². The molecule has 1 heterocycles. The third-order valence-corrected chi connectivity index (χ3v) is 3.59. The summed E-state index contributed by atoms with van der Waals surface area (Å²) in [4.78, 5) is 14.0. The van der Waals surface area contributed by atoms with E-state index in [1.807, 2.05) is 60.7 Å². The van der Waals surface area contributed by atoms with E-state index in [1.54, 1.807) is 6.20 Å². The summed E-state index contributed by atoms with van der Waals surface area (Å²) >= 11 is 0. The second-order valence-electron chi connectivity index (χ2n) is 4.94. The van der Waals surface area contributed by atoms with Crippen molar-refractivity contribution in [3.8, 4) is 6.07 Å². The van der Waals surface area contributed by atoms with Crippen molar-refractivity contribution in [3.63, 3.8) is 0 Å². The van der Waals surface area contributed by atoms with Gasteiger partial charge in [-0.05, 0) is 22.8 Å². The van der Waals surface area contributed by atoms with Crippen LogP contribution in [0.3, 0.4) is 0 Å². The lowest BCUT2D eigenvalue weighted by Crippen LogP contribution is -2.32. The number of nitrogens with zero attached hydrogens (tertiary/aromatic N) is 2. The number of benzene rings is 2. The Hall–Kier alpha value is -2.86. The van der Waals surface area contributed by atoms with Gasteiger partial charge in [0.2, 0.25) is 5.91 Å². The summed E-state index contributed by atoms with van der Waals surface area (Å²) in [7, 11) is 0. The van der Waals surface area contributed by atoms with Crippen LogP contribution in [0.15, 0.2) is 60.8 Å². The van der Waals surface area contributed by atoms with Crippen LogP contribution in [-0.4, -0.2) is 10.8 Å². The second kappa shape index (κ2) is 5.64. The molecule has 1 aliphatic heterocycles. The number of carbonyl (C=O) groups is 1. The van der Waals surface area contributed by atoms with Gasteiger partial charge >= 0.3 is 0 Å². The lowest BCUT2D eigenvalue weighted by Gasteiger charge is -2.28. The van der Waals surface area contributed by atoms with Crippen LogP contribution < -0.4 is 0 Å². The zero-order valence-corrected chi connectivity index (χ0v) is 11.4. The first-order valence-electron chi connectivity index (χ1n) is 6.81. The minimum absolute atomic E-state index is 0.0708. The molecule has 1 aliphatic rings. The fraction of sp³-hybridized carbons (Fsp3) is 0.111. The van der Waals surface area contributed by atoms with E-state index >= 15 is 0 Å². The van der Waals surface area contributed by atoms with Crippen molar-refractivity contribution < 1.29 is 4.79 Å². The summed E-state index contributed by atoms with van der Waals surface area (Å²) in [5, 5.41) is 9.45. The van der Waals surface area contributed by atoms with Crippen LogP contribution in [0.1, 0.15) is 22.7 Å². The molecular weight excluding hydrogens is 260 g/mol. The lowest BCUT2D eigenvalue weighted by atomic mass is 9.96. The van der Waals surface area contributed by atoms with Crippen molar-refractivity contribution in [1.82, 2.24) is 4.90 Å². The molecule has 0 N–H and O–H groups in total. The molecule has 0 saturated heterocycles. The average Bonchev–Trinajstić information content (AvgIpc) is 2.54. The summed E-state index contributed by atoms with van der Waals surface area (Å²) in [5.74, 6) is -0.0708. The highest BCUT2D eigenvalue weighted by Crippen LogP contribution is 2.30. The van der Waals surface area contributed by atoms with Crippen LogP contribution in [0.2, 0.25) is 0 Å². The number of nitriles is 1. The second-order valence-corrected chi connectivity index (χ2v) is 4.94. The van der Waals surface area contributed by atoms with E-state index in [4.69, 9.17) is 0 Å². The molecule has 0 saturated carbocycles. The van der Waals surface area contributed by atoms with Gasteiger partial charge in [-0.1, -0.05) is 54.6 Å². The van der Waals surface area contributed by atoms with Gasteiger partial charge in [0.1, 0.15) is 6.04 Å². The van der Waals surface area contributed by atoms with Gasteiger partial charge < -0.3 is 0 Å². The van der Waals surface area contributed by atoms with Crippen molar-refractivity contribution in [2.45, 2.75) is 12.5 Å². The molecule has 3 heteroatoms. The molecule has 0 fully saturated rings. The van der Waals surface area contributed by atoms with E-state index in [0.29, 0.717) is 6.42 Å². The molecule has 0 spiro atoms. The smallest absolute Gasteiger partial charge is 0.232 e. The third-order valence-electron chi connectivity index (χ3n) is 3.59. The van der Waals surface area contributed by atoms with Crippen molar-refractivity contribution in [2.75, 3.05) is 0 Å². The predicted molar refractivity (Wildman–Crippen MR) is 80.8 cm³/mol. The van der Waals surface area contributed by atoms with Crippen LogP contribution in [0.4, 0.5) is 0 Å². The maximum atomic E-state index is 12.5. The molecule has 0 radical (unpaired) electrons. The Labute approximate surface area is 123 Å². The summed E-state index contributed by atoms with van der Waals surface area (Å²) in [6.07, 6.45) is 3.89. The van der Waals surface area contributed by atoms with Crippen molar-refractivity contribution in [2.24, 2.45) is 0 Å². The Morgan fingerprint density at radius 1 is 1.10 bits per heavy atom. The Morgan fingerprint density at radius 3 is 2.57 bits per heavy atom. The normalized spacial score (nSPS) is 16.1. The lowest BCUT2D eigenvalue weighted by molar-refractivity contribution is -0.129. The van der Waals surface area contributed by atoms with Gasteiger partial charge in [-0.3, -0.25) is 9.69 Å². The summed E-state index contributed by atoms with van der Waals surface area (Å²) in [6.45, 7) is 0. The topological polar surface area (TPSA) is 44.1 Å². The summed E-state index contributed by atoms with van der Waals surface area (Å²) in [5.41, 5.74) is 2.82. The Balaban J connectivity index is 1.87. The van der Waals surface area contributed by atoms with E-state index in [1.165, 1.54) is 4.90 Å². The van der Waals surface area contributed by atoms with Crippen LogP contribution in [-0.2, 0) is 11.2 Å². The number of carbonyl (C=O) groups excluding carboxylic acids is 1. The van der Waals surface area contributed by atoms with Gasteiger partial charge in [0, 0.05) is 6.20 Å². The fourth-order valence-electron chi connectivity index (χ4n) is 2.53. The van der Waals surface area contributed by atoms with Crippen LogP contribution >= 0.6 is 0 Å².